The lowest BCUT2D eigenvalue weighted by molar-refractivity contribution is 0.372. The molecule has 0 bridgehead atoms. The zero-order valence-electron chi connectivity index (χ0n) is 9.91. The second-order valence-corrected chi connectivity index (χ2v) is 4.66. The monoisotopic (exact) mass is 215 g/mol. The van der Waals surface area contributed by atoms with Gasteiger partial charge in [-0.1, -0.05) is 56.2 Å². The number of benzene rings is 1. The summed E-state index contributed by atoms with van der Waals surface area (Å²) in [7, 11) is 0. The lowest BCUT2D eigenvalue weighted by Crippen LogP contribution is -2.30. The molecule has 0 atom stereocenters. The molecule has 0 aromatic heterocycles. The fraction of sp³-hybridized carbons (Fsp3) is 0.467. The Morgan fingerprint density at radius 3 is 2.44 bits per heavy atom. The van der Waals surface area contributed by atoms with Crippen LogP contribution in [-0.2, 0) is 6.54 Å². The molecule has 86 valence electrons. The first-order chi connectivity index (χ1) is 7.88. The molecule has 1 fully saturated rings. The SMILES string of the molecule is C=Cc1ccc(CNC2CCCCC2)cc1. The first-order valence-electron chi connectivity index (χ1n) is 6.33. The first-order valence-corrected chi connectivity index (χ1v) is 6.33. The molecule has 0 amide bonds. The van der Waals surface area contributed by atoms with Gasteiger partial charge in [0.25, 0.3) is 0 Å². The van der Waals surface area contributed by atoms with Crippen LogP contribution in [0.15, 0.2) is 30.8 Å². The van der Waals surface area contributed by atoms with Crippen LogP contribution in [-0.4, -0.2) is 6.04 Å². The summed E-state index contributed by atoms with van der Waals surface area (Å²) in [6, 6.07) is 9.38. The molecule has 16 heavy (non-hydrogen) atoms. The normalized spacial score (nSPS) is 17.2. The van der Waals surface area contributed by atoms with Gasteiger partial charge in [-0.3, -0.25) is 0 Å². The minimum Gasteiger partial charge on any atom is -0.310 e. The summed E-state index contributed by atoms with van der Waals surface area (Å²) < 4.78 is 0. The van der Waals surface area contributed by atoms with Gasteiger partial charge in [0.15, 0.2) is 0 Å². The summed E-state index contributed by atoms with van der Waals surface area (Å²) in [6.07, 6.45) is 8.81. The Bertz CT molecular complexity index is 320. The molecule has 0 unspecified atom stereocenters. The Kier molecular flexibility index (Phi) is 4.17. The summed E-state index contributed by atoms with van der Waals surface area (Å²) in [5.74, 6) is 0. The van der Waals surface area contributed by atoms with Gasteiger partial charge in [-0.15, -0.1) is 0 Å². The average Bonchev–Trinajstić information content (AvgIpc) is 2.38. The minimum atomic E-state index is 0.743. The maximum absolute atomic E-state index is 3.76. The van der Waals surface area contributed by atoms with Gasteiger partial charge < -0.3 is 5.32 Å². The zero-order valence-corrected chi connectivity index (χ0v) is 9.91. The Hall–Kier alpha value is -1.08. The maximum atomic E-state index is 3.76. The molecular weight excluding hydrogens is 194 g/mol. The van der Waals surface area contributed by atoms with E-state index in [1.54, 1.807) is 0 Å². The van der Waals surface area contributed by atoms with Crippen molar-refractivity contribution < 1.29 is 0 Å². The predicted octanol–water partition coefficient (Wildman–Crippen LogP) is 3.75. The molecule has 1 N–H and O–H groups in total. The van der Waals surface area contributed by atoms with Crippen LogP contribution in [0, 0.1) is 0 Å². The number of hydrogen-bond donors (Lipinski definition) is 1. The van der Waals surface area contributed by atoms with Crippen LogP contribution >= 0.6 is 0 Å². The first kappa shape index (κ1) is 11.4. The molecule has 1 aromatic rings. The average molecular weight is 215 g/mol. The molecule has 1 aliphatic carbocycles. The predicted molar refractivity (Wildman–Crippen MR) is 70.2 cm³/mol. The number of rotatable bonds is 4. The van der Waals surface area contributed by atoms with Crippen LogP contribution < -0.4 is 5.32 Å². The summed E-state index contributed by atoms with van der Waals surface area (Å²) in [5.41, 5.74) is 2.57. The smallest absolute Gasteiger partial charge is 0.0208 e. The molecule has 0 heterocycles. The van der Waals surface area contributed by atoms with Gasteiger partial charge in [0.2, 0.25) is 0 Å². The van der Waals surface area contributed by atoms with E-state index in [0.717, 1.165) is 12.6 Å². The Labute approximate surface area is 98.6 Å². The summed E-state index contributed by atoms with van der Waals surface area (Å²) in [5, 5.41) is 3.65. The number of hydrogen-bond acceptors (Lipinski definition) is 1. The van der Waals surface area contributed by atoms with E-state index in [2.05, 4.69) is 36.2 Å². The highest BCUT2D eigenvalue weighted by molar-refractivity contribution is 5.47. The van der Waals surface area contributed by atoms with Crippen molar-refractivity contribution in [3.8, 4) is 0 Å². The van der Waals surface area contributed by atoms with Crippen molar-refractivity contribution in [3.05, 3.63) is 42.0 Å². The molecular formula is C15H21N. The highest BCUT2D eigenvalue weighted by Crippen LogP contribution is 2.17. The number of nitrogens with one attached hydrogen (secondary N) is 1. The molecule has 1 aromatic carbocycles. The minimum absolute atomic E-state index is 0.743. The van der Waals surface area contributed by atoms with E-state index in [0.29, 0.717) is 0 Å². The van der Waals surface area contributed by atoms with E-state index >= 15 is 0 Å². The lowest BCUT2D eigenvalue weighted by atomic mass is 9.95. The van der Waals surface area contributed by atoms with E-state index in [-0.39, 0.29) is 0 Å². The molecule has 0 radical (unpaired) electrons. The second kappa shape index (κ2) is 5.86. The third kappa shape index (κ3) is 3.21. The topological polar surface area (TPSA) is 12.0 Å². The third-order valence-electron chi connectivity index (χ3n) is 3.42. The van der Waals surface area contributed by atoms with Gasteiger partial charge >= 0.3 is 0 Å². The van der Waals surface area contributed by atoms with Gasteiger partial charge in [-0.2, -0.15) is 0 Å². The highest BCUT2D eigenvalue weighted by atomic mass is 14.9. The summed E-state index contributed by atoms with van der Waals surface area (Å²) in [4.78, 5) is 0. The fourth-order valence-electron chi connectivity index (χ4n) is 2.34. The molecule has 2 rings (SSSR count). The van der Waals surface area contributed by atoms with Gasteiger partial charge in [0.1, 0.15) is 0 Å². The van der Waals surface area contributed by atoms with Crippen LogP contribution in [0.2, 0.25) is 0 Å². The molecule has 0 spiro atoms. The summed E-state index contributed by atoms with van der Waals surface area (Å²) in [6.45, 7) is 4.77. The highest BCUT2D eigenvalue weighted by Gasteiger charge is 2.11. The van der Waals surface area contributed by atoms with Gasteiger partial charge in [-0.05, 0) is 24.0 Å². The van der Waals surface area contributed by atoms with Crippen molar-refractivity contribution in [2.45, 2.75) is 44.7 Å². The molecule has 1 aliphatic rings. The van der Waals surface area contributed by atoms with Crippen molar-refractivity contribution >= 4 is 6.08 Å². The van der Waals surface area contributed by atoms with Gasteiger partial charge in [-0.25, -0.2) is 0 Å². The van der Waals surface area contributed by atoms with Crippen LogP contribution in [0.4, 0.5) is 0 Å². The van der Waals surface area contributed by atoms with Gasteiger partial charge in [0, 0.05) is 12.6 Å². The van der Waals surface area contributed by atoms with Crippen LogP contribution in [0.3, 0.4) is 0 Å². The van der Waals surface area contributed by atoms with Crippen molar-refractivity contribution in [2.75, 3.05) is 0 Å². The van der Waals surface area contributed by atoms with Crippen LogP contribution in [0.5, 0.6) is 0 Å². The van der Waals surface area contributed by atoms with E-state index in [1.807, 2.05) is 6.08 Å². The second-order valence-electron chi connectivity index (χ2n) is 4.66. The quantitative estimate of drug-likeness (QED) is 0.806. The van der Waals surface area contributed by atoms with Gasteiger partial charge in [0.05, 0.1) is 0 Å². The third-order valence-corrected chi connectivity index (χ3v) is 3.42. The molecule has 1 saturated carbocycles. The van der Waals surface area contributed by atoms with E-state index < -0.39 is 0 Å². The van der Waals surface area contributed by atoms with Crippen LogP contribution in [0.1, 0.15) is 43.2 Å². The lowest BCUT2D eigenvalue weighted by Gasteiger charge is -2.22. The van der Waals surface area contributed by atoms with E-state index in [4.69, 9.17) is 0 Å². The molecule has 1 nitrogen and oxygen atoms in total. The van der Waals surface area contributed by atoms with Crippen molar-refractivity contribution in [2.24, 2.45) is 0 Å². The fourth-order valence-corrected chi connectivity index (χ4v) is 2.34. The van der Waals surface area contributed by atoms with Crippen LogP contribution in [0.25, 0.3) is 6.08 Å². The maximum Gasteiger partial charge on any atom is 0.0208 e. The van der Waals surface area contributed by atoms with Crippen molar-refractivity contribution in [1.29, 1.82) is 0 Å². The van der Waals surface area contributed by atoms with Crippen molar-refractivity contribution in [3.63, 3.8) is 0 Å². The Morgan fingerprint density at radius 2 is 1.81 bits per heavy atom. The summed E-state index contributed by atoms with van der Waals surface area (Å²) >= 11 is 0. The molecule has 0 aliphatic heterocycles. The molecule has 1 heteroatoms. The molecule has 0 saturated heterocycles. The standard InChI is InChI=1S/C15H21N/c1-2-13-8-10-14(11-9-13)12-16-15-6-4-3-5-7-15/h2,8-11,15-16H,1,3-7,12H2. The Morgan fingerprint density at radius 1 is 1.12 bits per heavy atom. The van der Waals surface area contributed by atoms with E-state index in [9.17, 15) is 0 Å². The zero-order chi connectivity index (χ0) is 11.2. The largest absolute Gasteiger partial charge is 0.310 e. The van der Waals surface area contributed by atoms with E-state index in [1.165, 1.54) is 43.2 Å². The van der Waals surface area contributed by atoms with Crippen molar-refractivity contribution in [1.82, 2.24) is 5.32 Å². The Balaban J connectivity index is 1.81.